The number of hydrogen-bond donors (Lipinski definition) is 1. The third-order valence-electron chi connectivity index (χ3n) is 5.65. The fourth-order valence-electron chi connectivity index (χ4n) is 3.84. The van der Waals surface area contributed by atoms with Crippen molar-refractivity contribution in [2.45, 2.75) is 19.8 Å². The van der Waals surface area contributed by atoms with Crippen LogP contribution < -0.4 is 15.7 Å². The highest BCUT2D eigenvalue weighted by atomic mass is 32.1. The van der Waals surface area contributed by atoms with Gasteiger partial charge in [-0.3, -0.25) is 9.20 Å². The number of aryl methyl sites for hydroxylation is 1. The van der Waals surface area contributed by atoms with Crippen molar-refractivity contribution in [2.75, 3.05) is 12.4 Å². The van der Waals surface area contributed by atoms with Gasteiger partial charge >= 0.3 is 5.63 Å². The van der Waals surface area contributed by atoms with E-state index in [1.54, 1.807) is 24.5 Å². The van der Waals surface area contributed by atoms with Gasteiger partial charge in [-0.1, -0.05) is 12.1 Å². The Morgan fingerprint density at radius 1 is 1.21 bits per heavy atom. The van der Waals surface area contributed by atoms with Crippen LogP contribution in [-0.2, 0) is 11.2 Å². The topological polar surface area (TPSA) is 85.8 Å². The van der Waals surface area contributed by atoms with Crippen LogP contribution in [0.1, 0.15) is 17.5 Å². The first-order chi connectivity index (χ1) is 16.0. The molecule has 3 heterocycles. The molecule has 0 aliphatic carbocycles. The molecule has 7 nitrogen and oxygen atoms in total. The summed E-state index contributed by atoms with van der Waals surface area (Å²) in [6, 6.07) is 12.9. The predicted molar refractivity (Wildman–Crippen MR) is 129 cm³/mol. The number of fused-ring (bicyclic) bond motifs is 2. The van der Waals surface area contributed by atoms with E-state index in [0.29, 0.717) is 29.0 Å². The minimum Gasteiger partial charge on any atom is -0.497 e. The number of carbonyl (C=O) groups excluding carboxylic acids is 1. The number of anilines is 1. The number of hydrogen-bond acceptors (Lipinski definition) is 6. The average molecular weight is 460 g/mol. The molecule has 3 aromatic heterocycles. The van der Waals surface area contributed by atoms with E-state index in [9.17, 15) is 9.59 Å². The molecule has 0 saturated carbocycles. The lowest BCUT2D eigenvalue weighted by atomic mass is 10.0. The normalized spacial score (nSPS) is 11.2. The van der Waals surface area contributed by atoms with E-state index in [1.165, 1.54) is 0 Å². The number of ether oxygens (including phenoxy) is 1. The second-order valence-corrected chi connectivity index (χ2v) is 8.57. The van der Waals surface area contributed by atoms with Crippen LogP contribution in [0.3, 0.4) is 0 Å². The lowest BCUT2D eigenvalue weighted by Gasteiger charge is -2.09. The summed E-state index contributed by atoms with van der Waals surface area (Å²) in [5, 5.41) is 5.72. The first-order valence-electron chi connectivity index (χ1n) is 10.4. The van der Waals surface area contributed by atoms with Crippen molar-refractivity contribution in [3.63, 3.8) is 0 Å². The number of carbonyl (C=O) groups is 1. The number of nitrogens with zero attached hydrogens (tertiary/aromatic N) is 2. The predicted octanol–water partition coefficient (Wildman–Crippen LogP) is 5.06. The Labute approximate surface area is 193 Å². The maximum absolute atomic E-state index is 12.5. The number of amides is 1. The second-order valence-electron chi connectivity index (χ2n) is 7.70. The molecule has 0 bridgehead atoms. The van der Waals surface area contributed by atoms with Gasteiger partial charge in [0.15, 0.2) is 4.96 Å². The molecule has 0 saturated heterocycles. The maximum atomic E-state index is 12.5. The molecule has 1 N–H and O–H groups in total. The summed E-state index contributed by atoms with van der Waals surface area (Å²) in [5.41, 5.74) is 3.94. The summed E-state index contributed by atoms with van der Waals surface area (Å²) in [6.07, 6.45) is 4.42. The van der Waals surface area contributed by atoms with Gasteiger partial charge in [0.05, 0.1) is 12.8 Å². The molecular weight excluding hydrogens is 438 g/mol. The zero-order valence-corrected chi connectivity index (χ0v) is 18.9. The highest BCUT2D eigenvalue weighted by Gasteiger charge is 2.14. The molecule has 0 fully saturated rings. The highest BCUT2D eigenvalue weighted by molar-refractivity contribution is 7.15. The molecule has 0 aliphatic heterocycles. The molecule has 1 amide bonds. The molecule has 0 spiro atoms. The Balaban J connectivity index is 1.26. The SMILES string of the molecule is COc1ccc2c(C)c(CCC(=O)Nc3ccc(-c4cn5ccsc5n4)cc3)c(=O)oc2c1. The van der Waals surface area contributed by atoms with Gasteiger partial charge in [0.25, 0.3) is 0 Å². The first-order valence-corrected chi connectivity index (χ1v) is 11.3. The molecular formula is C25H21N3O4S. The largest absolute Gasteiger partial charge is 0.497 e. The van der Waals surface area contributed by atoms with Crippen molar-refractivity contribution < 1.29 is 13.9 Å². The van der Waals surface area contributed by atoms with E-state index in [4.69, 9.17) is 9.15 Å². The molecule has 5 aromatic rings. The van der Waals surface area contributed by atoms with Crippen molar-refractivity contribution in [3.8, 4) is 17.0 Å². The Morgan fingerprint density at radius 2 is 2.03 bits per heavy atom. The zero-order chi connectivity index (χ0) is 22.9. The van der Waals surface area contributed by atoms with Gasteiger partial charge in [-0.05, 0) is 43.2 Å². The third-order valence-corrected chi connectivity index (χ3v) is 6.42. The monoisotopic (exact) mass is 459 g/mol. The van der Waals surface area contributed by atoms with Crippen LogP contribution in [-0.4, -0.2) is 22.4 Å². The van der Waals surface area contributed by atoms with Gasteiger partial charge in [-0.25, -0.2) is 9.78 Å². The van der Waals surface area contributed by atoms with Gasteiger partial charge < -0.3 is 14.5 Å². The van der Waals surface area contributed by atoms with Crippen LogP contribution in [0, 0.1) is 6.92 Å². The Kier molecular flexibility index (Phi) is 5.43. The van der Waals surface area contributed by atoms with Crippen LogP contribution >= 0.6 is 11.3 Å². The Bertz CT molecular complexity index is 1500. The molecule has 2 aromatic carbocycles. The Morgan fingerprint density at radius 3 is 2.79 bits per heavy atom. The summed E-state index contributed by atoms with van der Waals surface area (Å²) in [6.45, 7) is 1.87. The standard InChI is InChI=1S/C25H21N3O4S/c1-15-19-8-7-18(31-2)13-22(19)32-24(30)20(15)9-10-23(29)26-17-5-3-16(4-6-17)21-14-28-11-12-33-25(28)27-21/h3-8,11-14H,9-10H2,1-2H3,(H,26,29). The smallest absolute Gasteiger partial charge is 0.339 e. The summed E-state index contributed by atoms with van der Waals surface area (Å²) in [5.74, 6) is 0.454. The van der Waals surface area contributed by atoms with Crippen molar-refractivity contribution in [1.29, 1.82) is 0 Å². The molecule has 0 unspecified atom stereocenters. The van der Waals surface area contributed by atoms with E-state index < -0.39 is 5.63 Å². The third kappa shape index (κ3) is 4.12. The van der Waals surface area contributed by atoms with Gasteiger partial charge in [-0.2, -0.15) is 0 Å². The minimum absolute atomic E-state index is 0.168. The van der Waals surface area contributed by atoms with Gasteiger partial charge in [0.1, 0.15) is 11.3 Å². The Hall–Kier alpha value is -3.91. The van der Waals surface area contributed by atoms with Crippen LogP contribution in [0.2, 0.25) is 0 Å². The minimum atomic E-state index is -0.426. The van der Waals surface area contributed by atoms with Crippen LogP contribution in [0.15, 0.2) is 69.5 Å². The molecule has 0 atom stereocenters. The molecule has 8 heteroatoms. The van der Waals surface area contributed by atoms with Gasteiger partial charge in [0, 0.05) is 52.5 Å². The lowest BCUT2D eigenvalue weighted by Crippen LogP contribution is -2.16. The van der Waals surface area contributed by atoms with Gasteiger partial charge in [-0.15, -0.1) is 11.3 Å². The molecule has 166 valence electrons. The molecule has 5 rings (SSSR count). The van der Waals surface area contributed by atoms with E-state index >= 15 is 0 Å². The maximum Gasteiger partial charge on any atom is 0.339 e. The van der Waals surface area contributed by atoms with E-state index in [-0.39, 0.29) is 12.3 Å². The van der Waals surface area contributed by atoms with E-state index in [1.807, 2.05) is 65.5 Å². The molecule has 33 heavy (non-hydrogen) atoms. The number of methoxy groups -OCH3 is 1. The van der Waals surface area contributed by atoms with Crippen molar-refractivity contribution in [1.82, 2.24) is 9.38 Å². The summed E-state index contributed by atoms with van der Waals surface area (Å²) >= 11 is 1.58. The quantitative estimate of drug-likeness (QED) is 0.359. The van der Waals surface area contributed by atoms with Crippen molar-refractivity contribution >= 4 is 38.9 Å². The average Bonchev–Trinajstić information content (AvgIpc) is 3.41. The number of aromatic nitrogens is 2. The number of nitrogens with one attached hydrogen (secondary N) is 1. The molecule has 0 aliphatic rings. The van der Waals surface area contributed by atoms with E-state index in [0.717, 1.165) is 27.2 Å². The van der Waals surface area contributed by atoms with E-state index in [2.05, 4.69) is 10.3 Å². The molecule has 0 radical (unpaired) electrons. The van der Waals surface area contributed by atoms with Crippen molar-refractivity contribution in [3.05, 3.63) is 81.8 Å². The fraction of sp³-hybridized carbons (Fsp3) is 0.160. The fourth-order valence-corrected chi connectivity index (χ4v) is 4.54. The van der Waals surface area contributed by atoms with Crippen molar-refractivity contribution in [2.24, 2.45) is 0 Å². The summed E-state index contributed by atoms with van der Waals surface area (Å²) < 4.78 is 12.6. The number of rotatable bonds is 6. The van der Waals surface area contributed by atoms with Crippen LogP contribution in [0.25, 0.3) is 27.2 Å². The van der Waals surface area contributed by atoms with Crippen LogP contribution in [0.5, 0.6) is 5.75 Å². The number of imidazole rings is 1. The van der Waals surface area contributed by atoms with Gasteiger partial charge in [0.2, 0.25) is 5.91 Å². The first kappa shape index (κ1) is 21.0. The summed E-state index contributed by atoms with van der Waals surface area (Å²) in [4.78, 5) is 30.5. The lowest BCUT2D eigenvalue weighted by molar-refractivity contribution is -0.116. The second kappa shape index (κ2) is 8.55. The summed E-state index contributed by atoms with van der Waals surface area (Å²) in [7, 11) is 1.56. The van der Waals surface area contributed by atoms with Crippen LogP contribution in [0.4, 0.5) is 5.69 Å². The zero-order valence-electron chi connectivity index (χ0n) is 18.1. The number of thiazole rings is 1. The number of benzene rings is 2. The highest BCUT2D eigenvalue weighted by Crippen LogP contribution is 2.25.